The van der Waals surface area contributed by atoms with Crippen LogP contribution in [0.4, 0.5) is 5.69 Å². The molecule has 2 rings (SSSR count). The van der Waals surface area contributed by atoms with Gasteiger partial charge in [-0.05, 0) is 31.0 Å². The van der Waals surface area contributed by atoms with E-state index in [0.29, 0.717) is 22.4 Å². The highest BCUT2D eigenvalue weighted by Crippen LogP contribution is 2.40. The number of likely N-dealkylation sites (tertiary alicyclic amines) is 1. The van der Waals surface area contributed by atoms with E-state index in [-0.39, 0.29) is 12.5 Å². The summed E-state index contributed by atoms with van der Waals surface area (Å²) < 4.78 is 16.0. The summed E-state index contributed by atoms with van der Waals surface area (Å²) >= 11 is 5.50. The van der Waals surface area contributed by atoms with Gasteiger partial charge in [0.2, 0.25) is 5.75 Å². The highest BCUT2D eigenvalue weighted by Gasteiger charge is 2.22. The van der Waals surface area contributed by atoms with E-state index in [1.54, 1.807) is 21.3 Å². The Balaban J connectivity index is 2.14. The van der Waals surface area contributed by atoms with Crippen molar-refractivity contribution in [2.45, 2.75) is 12.8 Å². The fourth-order valence-corrected chi connectivity index (χ4v) is 3.04. The normalized spacial score (nSPS) is 17.6. The van der Waals surface area contributed by atoms with Gasteiger partial charge in [0.15, 0.2) is 16.6 Å². The summed E-state index contributed by atoms with van der Waals surface area (Å²) in [5.41, 5.74) is 0.774. The topological polar surface area (TPSA) is 63.2 Å². The molecule has 1 fully saturated rings. The minimum atomic E-state index is 0.198. The van der Waals surface area contributed by atoms with Gasteiger partial charge in [0.1, 0.15) is 0 Å². The molecule has 128 valence electrons. The van der Waals surface area contributed by atoms with Gasteiger partial charge in [0, 0.05) is 37.5 Å². The first kappa shape index (κ1) is 17.6. The summed E-state index contributed by atoms with van der Waals surface area (Å²) in [5.74, 6) is 1.97. The molecule has 1 saturated heterocycles. The second kappa shape index (κ2) is 8.21. The molecule has 0 aromatic heterocycles. The van der Waals surface area contributed by atoms with Gasteiger partial charge < -0.3 is 29.5 Å². The van der Waals surface area contributed by atoms with Gasteiger partial charge in [0.05, 0.1) is 21.3 Å². The molecule has 0 bridgehead atoms. The van der Waals surface area contributed by atoms with Crippen LogP contribution in [-0.4, -0.2) is 56.1 Å². The molecule has 0 radical (unpaired) electrons. The second-order valence-corrected chi connectivity index (χ2v) is 5.87. The lowest BCUT2D eigenvalue weighted by Crippen LogP contribution is -2.43. The number of methoxy groups -OCH3 is 3. The fraction of sp³-hybridized carbons (Fsp3) is 0.562. The number of hydrogen-bond acceptors (Lipinski definition) is 5. The number of anilines is 1. The molecule has 7 heteroatoms. The van der Waals surface area contributed by atoms with E-state index < -0.39 is 0 Å². The molecule has 0 unspecified atom stereocenters. The Hall–Kier alpha value is -1.73. The molecule has 1 atom stereocenters. The number of thiocarbonyl (C=S) groups is 1. The van der Waals surface area contributed by atoms with Crippen molar-refractivity contribution in [1.82, 2.24) is 4.90 Å². The average Bonchev–Trinajstić information content (AvgIpc) is 2.60. The molecule has 23 heavy (non-hydrogen) atoms. The van der Waals surface area contributed by atoms with Crippen LogP contribution in [0.15, 0.2) is 12.1 Å². The summed E-state index contributed by atoms with van der Waals surface area (Å²) in [6.45, 7) is 1.86. The number of aliphatic hydroxyl groups excluding tert-OH is 1. The highest BCUT2D eigenvalue weighted by atomic mass is 32.1. The van der Waals surface area contributed by atoms with E-state index >= 15 is 0 Å². The first-order valence-corrected chi connectivity index (χ1v) is 8.00. The molecule has 2 N–H and O–H groups in total. The Morgan fingerprint density at radius 1 is 1.26 bits per heavy atom. The Morgan fingerprint density at radius 3 is 2.43 bits per heavy atom. The van der Waals surface area contributed by atoms with Crippen molar-refractivity contribution in [3.8, 4) is 17.2 Å². The Kier molecular flexibility index (Phi) is 6.29. The number of piperidine rings is 1. The third kappa shape index (κ3) is 4.17. The number of benzene rings is 1. The van der Waals surface area contributed by atoms with Crippen LogP contribution in [0.2, 0.25) is 0 Å². The van der Waals surface area contributed by atoms with Crippen LogP contribution in [0.3, 0.4) is 0 Å². The second-order valence-electron chi connectivity index (χ2n) is 5.48. The van der Waals surface area contributed by atoms with Crippen molar-refractivity contribution >= 4 is 23.0 Å². The van der Waals surface area contributed by atoms with Crippen LogP contribution in [-0.2, 0) is 0 Å². The first-order valence-electron chi connectivity index (χ1n) is 7.59. The Morgan fingerprint density at radius 2 is 1.91 bits per heavy atom. The van der Waals surface area contributed by atoms with Crippen LogP contribution in [0, 0.1) is 5.92 Å². The third-order valence-electron chi connectivity index (χ3n) is 3.98. The highest BCUT2D eigenvalue weighted by molar-refractivity contribution is 7.80. The van der Waals surface area contributed by atoms with Gasteiger partial charge in [-0.2, -0.15) is 0 Å². The first-order chi connectivity index (χ1) is 11.1. The minimum Gasteiger partial charge on any atom is -0.493 e. The molecule has 0 amide bonds. The molecule has 1 aromatic rings. The zero-order valence-electron chi connectivity index (χ0n) is 13.8. The Labute approximate surface area is 142 Å². The van der Waals surface area contributed by atoms with Crippen LogP contribution < -0.4 is 19.5 Å². The average molecular weight is 340 g/mol. The Bertz CT molecular complexity index is 528. The van der Waals surface area contributed by atoms with Crippen LogP contribution in [0.5, 0.6) is 17.2 Å². The summed E-state index contributed by atoms with van der Waals surface area (Å²) in [6, 6.07) is 3.64. The minimum absolute atomic E-state index is 0.198. The maximum atomic E-state index is 9.34. The van der Waals surface area contributed by atoms with Crippen molar-refractivity contribution in [3.63, 3.8) is 0 Å². The van der Waals surface area contributed by atoms with Gasteiger partial charge in [-0.1, -0.05) is 0 Å². The van der Waals surface area contributed by atoms with Crippen molar-refractivity contribution < 1.29 is 19.3 Å². The lowest BCUT2D eigenvalue weighted by molar-refractivity contribution is 0.162. The molecular formula is C16H24N2O4S. The smallest absolute Gasteiger partial charge is 0.203 e. The maximum Gasteiger partial charge on any atom is 0.203 e. The van der Waals surface area contributed by atoms with E-state index in [1.807, 2.05) is 12.1 Å². The van der Waals surface area contributed by atoms with Crippen molar-refractivity contribution in [2.24, 2.45) is 5.92 Å². The van der Waals surface area contributed by atoms with Crippen LogP contribution in [0.1, 0.15) is 12.8 Å². The molecule has 0 spiro atoms. The maximum absolute atomic E-state index is 9.34. The van der Waals surface area contributed by atoms with E-state index in [2.05, 4.69) is 10.2 Å². The lowest BCUT2D eigenvalue weighted by atomic mass is 9.99. The predicted molar refractivity (Wildman–Crippen MR) is 93.7 cm³/mol. The molecule has 1 aromatic carbocycles. The van der Waals surface area contributed by atoms with Gasteiger partial charge in [-0.15, -0.1) is 0 Å². The number of nitrogens with one attached hydrogen (secondary N) is 1. The van der Waals surface area contributed by atoms with E-state index in [1.165, 1.54) is 0 Å². The van der Waals surface area contributed by atoms with E-state index in [4.69, 9.17) is 26.4 Å². The fourth-order valence-electron chi connectivity index (χ4n) is 2.75. The molecule has 1 aliphatic heterocycles. The standard InChI is InChI=1S/C16H24N2O4S/c1-20-13-7-12(8-14(21-2)15(13)22-3)17-16(23)18-6-4-5-11(9-18)10-19/h7-8,11,19H,4-6,9-10H2,1-3H3,(H,17,23)/t11-/m1/s1. The van der Waals surface area contributed by atoms with Crippen molar-refractivity contribution in [1.29, 1.82) is 0 Å². The lowest BCUT2D eigenvalue weighted by Gasteiger charge is -2.33. The quantitative estimate of drug-likeness (QED) is 0.796. The number of aliphatic hydroxyl groups is 1. The number of hydrogen-bond donors (Lipinski definition) is 2. The number of rotatable bonds is 5. The van der Waals surface area contributed by atoms with Crippen LogP contribution >= 0.6 is 12.2 Å². The largest absolute Gasteiger partial charge is 0.493 e. The number of ether oxygens (including phenoxy) is 3. The van der Waals surface area contributed by atoms with Crippen molar-refractivity contribution in [3.05, 3.63) is 12.1 Å². The van der Waals surface area contributed by atoms with Gasteiger partial charge in [-0.3, -0.25) is 0 Å². The van der Waals surface area contributed by atoms with Gasteiger partial charge >= 0.3 is 0 Å². The SMILES string of the molecule is COc1cc(NC(=S)N2CCC[C@@H](CO)C2)cc(OC)c1OC. The molecular weight excluding hydrogens is 316 g/mol. The molecule has 0 aliphatic carbocycles. The zero-order chi connectivity index (χ0) is 16.8. The summed E-state index contributed by atoms with van der Waals surface area (Å²) in [6.07, 6.45) is 2.07. The van der Waals surface area contributed by atoms with E-state index in [9.17, 15) is 5.11 Å². The molecule has 1 aliphatic rings. The monoisotopic (exact) mass is 340 g/mol. The van der Waals surface area contributed by atoms with E-state index in [0.717, 1.165) is 31.6 Å². The summed E-state index contributed by atoms with van der Waals surface area (Å²) in [5, 5.41) is 13.2. The predicted octanol–water partition coefficient (Wildman–Crippen LogP) is 2.11. The molecule has 1 heterocycles. The van der Waals surface area contributed by atoms with Crippen molar-refractivity contribution in [2.75, 3.05) is 46.3 Å². The van der Waals surface area contributed by atoms with Crippen LogP contribution in [0.25, 0.3) is 0 Å². The third-order valence-corrected chi connectivity index (χ3v) is 4.34. The zero-order valence-corrected chi connectivity index (χ0v) is 14.6. The molecule has 0 saturated carbocycles. The molecule has 6 nitrogen and oxygen atoms in total. The van der Waals surface area contributed by atoms with Gasteiger partial charge in [-0.25, -0.2) is 0 Å². The number of nitrogens with zero attached hydrogens (tertiary/aromatic N) is 1. The summed E-state index contributed by atoms with van der Waals surface area (Å²) in [4.78, 5) is 2.09. The summed E-state index contributed by atoms with van der Waals surface area (Å²) in [7, 11) is 4.73. The van der Waals surface area contributed by atoms with Gasteiger partial charge in [0.25, 0.3) is 0 Å².